The van der Waals surface area contributed by atoms with E-state index in [1.165, 1.54) is 44.9 Å². The van der Waals surface area contributed by atoms with Gasteiger partial charge >= 0.3 is 182 Å². The third-order valence-electron chi connectivity index (χ3n) is 7.40. The van der Waals surface area contributed by atoms with Crippen LogP contribution < -0.4 is 0 Å². The molecule has 0 saturated heterocycles. The Bertz CT molecular complexity index is 469. The van der Waals surface area contributed by atoms with Gasteiger partial charge in [0, 0.05) is 0 Å². The Morgan fingerprint density at radius 2 is 1.50 bits per heavy atom. The third-order valence-corrected chi connectivity index (χ3v) is 25.1. The van der Waals surface area contributed by atoms with Gasteiger partial charge in [-0.2, -0.15) is 0 Å². The molecule has 0 saturated carbocycles. The van der Waals surface area contributed by atoms with Crippen molar-refractivity contribution < 1.29 is 4.79 Å². The van der Waals surface area contributed by atoms with Crippen molar-refractivity contribution in [3.05, 3.63) is 11.6 Å². The van der Waals surface area contributed by atoms with Crippen molar-refractivity contribution in [1.82, 2.24) is 0 Å². The van der Waals surface area contributed by atoms with Crippen LogP contribution in [-0.4, -0.2) is 24.2 Å². The minimum absolute atomic E-state index is 0.148. The first-order chi connectivity index (χ1) is 13.2. The average molecular weight is 497 g/mol. The van der Waals surface area contributed by atoms with Gasteiger partial charge in [-0.25, -0.2) is 0 Å². The summed E-state index contributed by atoms with van der Waals surface area (Å²) in [5.41, 5.74) is 1.86. The Morgan fingerprint density at radius 3 is 1.96 bits per heavy atom. The molecular weight excluding hydrogens is 447 g/mol. The van der Waals surface area contributed by atoms with E-state index in [9.17, 15) is 4.79 Å². The summed E-state index contributed by atoms with van der Waals surface area (Å²) < 4.78 is 5.56. The van der Waals surface area contributed by atoms with Gasteiger partial charge in [-0.1, -0.05) is 0 Å². The number of ketones is 1. The maximum absolute atomic E-state index is 12.8. The molecule has 0 fully saturated rings. The molecule has 1 aliphatic carbocycles. The van der Waals surface area contributed by atoms with Gasteiger partial charge in [-0.3, -0.25) is 0 Å². The van der Waals surface area contributed by atoms with Crippen molar-refractivity contribution in [2.24, 2.45) is 11.3 Å². The van der Waals surface area contributed by atoms with E-state index in [0.717, 1.165) is 23.2 Å². The molecule has 0 spiro atoms. The molecule has 0 heterocycles. The number of Topliss-reactive ketones (excluding diaryl/α,β-unsaturated/α-hetero) is 1. The molecule has 1 nitrogen and oxygen atoms in total. The van der Waals surface area contributed by atoms with Gasteiger partial charge in [0.1, 0.15) is 0 Å². The molecule has 0 unspecified atom stereocenters. The minimum atomic E-state index is -2.37. The van der Waals surface area contributed by atoms with Gasteiger partial charge in [0.15, 0.2) is 0 Å². The summed E-state index contributed by atoms with van der Waals surface area (Å²) in [7, 11) is 0. The van der Waals surface area contributed by atoms with Crippen molar-refractivity contribution in [1.29, 1.82) is 0 Å². The van der Waals surface area contributed by atoms with Crippen LogP contribution in [0.3, 0.4) is 0 Å². The summed E-state index contributed by atoms with van der Waals surface area (Å²) in [6.07, 6.45) is 15.1. The Balaban J connectivity index is 3.35. The predicted molar refractivity (Wildman–Crippen MR) is 129 cm³/mol. The Labute approximate surface area is 181 Å². The summed E-state index contributed by atoms with van der Waals surface area (Å²) in [4.78, 5) is 12.8. The zero-order valence-corrected chi connectivity index (χ0v) is 23.2. The van der Waals surface area contributed by atoms with Crippen molar-refractivity contribution in [3.63, 3.8) is 0 Å². The number of carbonyl (C=O) groups is 1. The van der Waals surface area contributed by atoms with E-state index in [0.29, 0.717) is 5.78 Å². The fraction of sp³-hybridized carbons (Fsp3) is 0.885. The summed E-state index contributed by atoms with van der Waals surface area (Å²) in [5, 5.41) is 0. The molecule has 2 heteroatoms. The molecule has 1 aliphatic rings. The van der Waals surface area contributed by atoms with Gasteiger partial charge < -0.3 is 0 Å². The van der Waals surface area contributed by atoms with Crippen LogP contribution in [0.2, 0.25) is 17.2 Å². The second-order valence-corrected chi connectivity index (χ2v) is 24.7. The molecule has 164 valence electrons. The van der Waals surface area contributed by atoms with Crippen molar-refractivity contribution in [2.45, 2.75) is 130 Å². The van der Waals surface area contributed by atoms with Crippen LogP contribution in [0.15, 0.2) is 11.6 Å². The van der Waals surface area contributed by atoms with E-state index in [2.05, 4.69) is 54.5 Å². The Morgan fingerprint density at radius 1 is 1.00 bits per heavy atom. The first kappa shape index (κ1) is 26.2. The SMILES string of the molecule is CCC[CH2][Sn]([CH2]CCC)([CH2]CCC)[C@@H]1CC(C)(C)CC(=O)[C@@H](C)CC/C=C/1C. The molecule has 0 aliphatic heterocycles. The molecule has 0 N–H and O–H groups in total. The topological polar surface area (TPSA) is 17.1 Å². The van der Waals surface area contributed by atoms with E-state index < -0.39 is 18.4 Å². The molecule has 0 aromatic heterocycles. The van der Waals surface area contributed by atoms with Crippen LogP contribution in [0.5, 0.6) is 0 Å². The molecule has 0 bridgehead atoms. The van der Waals surface area contributed by atoms with Gasteiger partial charge in [0.05, 0.1) is 0 Å². The van der Waals surface area contributed by atoms with Crippen LogP contribution in [-0.2, 0) is 4.79 Å². The Hall–Kier alpha value is 0.209. The van der Waals surface area contributed by atoms with E-state index in [1.807, 2.05) is 0 Å². The number of allylic oxidation sites excluding steroid dienone is 2. The normalized spacial score (nSPS) is 26.0. The van der Waals surface area contributed by atoms with Gasteiger partial charge in [0.25, 0.3) is 0 Å². The van der Waals surface area contributed by atoms with Gasteiger partial charge in [-0.15, -0.1) is 0 Å². The van der Waals surface area contributed by atoms with Crippen molar-refractivity contribution in [2.75, 3.05) is 0 Å². The third kappa shape index (κ3) is 8.15. The van der Waals surface area contributed by atoms with Crippen LogP contribution in [0.4, 0.5) is 0 Å². The van der Waals surface area contributed by atoms with E-state index in [4.69, 9.17) is 0 Å². The second kappa shape index (κ2) is 12.8. The van der Waals surface area contributed by atoms with Gasteiger partial charge in [0.2, 0.25) is 0 Å². The molecule has 1 rings (SSSR count). The predicted octanol–water partition coefficient (Wildman–Crippen LogP) is 8.96. The van der Waals surface area contributed by atoms with Crippen LogP contribution >= 0.6 is 0 Å². The second-order valence-electron chi connectivity index (χ2n) is 10.7. The van der Waals surface area contributed by atoms with Crippen LogP contribution in [0.25, 0.3) is 0 Å². The fourth-order valence-corrected chi connectivity index (χ4v) is 25.6. The monoisotopic (exact) mass is 498 g/mol. The maximum atomic E-state index is 12.8. The summed E-state index contributed by atoms with van der Waals surface area (Å²) >= 11 is -2.37. The van der Waals surface area contributed by atoms with Crippen LogP contribution in [0, 0.1) is 11.3 Å². The zero-order chi connectivity index (χ0) is 21.2. The first-order valence-corrected chi connectivity index (χ1v) is 20.1. The van der Waals surface area contributed by atoms with Crippen molar-refractivity contribution in [3.8, 4) is 0 Å². The molecule has 0 aromatic carbocycles. The molecule has 0 radical (unpaired) electrons. The fourth-order valence-electron chi connectivity index (χ4n) is 5.48. The summed E-state index contributed by atoms with van der Waals surface area (Å²) in [5.74, 6) is 0.738. The number of unbranched alkanes of at least 4 members (excludes halogenated alkanes) is 3. The molecule has 28 heavy (non-hydrogen) atoms. The zero-order valence-electron chi connectivity index (χ0n) is 20.3. The van der Waals surface area contributed by atoms with E-state index >= 15 is 0 Å². The standard InChI is InChI=1S/C14H23O.3C4H9.Sn/c1-11-6-5-7-12(2)13(15)10-14(3,4)9-8-11;3*1-3-4-2;/h6,8,12H,5,7,9-10H2,1-4H3;3*1,3-4H2,2H3;/b11-6+;;;;/t12-;;;;/m0..../s1. The quantitative estimate of drug-likeness (QED) is 0.218. The van der Waals surface area contributed by atoms with Gasteiger partial charge in [-0.05, 0) is 0 Å². The number of rotatable bonds is 10. The molecule has 0 amide bonds. The van der Waals surface area contributed by atoms with E-state index in [-0.39, 0.29) is 11.3 Å². The molecular formula is C26H50OSn. The average Bonchev–Trinajstić information content (AvgIpc) is 2.65. The number of hydrogen-bond acceptors (Lipinski definition) is 1. The molecule has 2 atom stereocenters. The molecule has 0 aromatic rings. The first-order valence-electron chi connectivity index (χ1n) is 12.4. The van der Waals surface area contributed by atoms with Crippen molar-refractivity contribution >= 4 is 24.2 Å². The van der Waals surface area contributed by atoms with E-state index in [1.54, 1.807) is 18.9 Å². The summed E-state index contributed by atoms with van der Waals surface area (Å²) in [6.45, 7) is 16.5. The summed E-state index contributed by atoms with van der Waals surface area (Å²) in [6, 6.07) is 0. The Kier molecular flexibility index (Phi) is 12.0. The number of hydrogen-bond donors (Lipinski definition) is 0. The van der Waals surface area contributed by atoms with Crippen LogP contribution in [0.1, 0.15) is 113 Å². The number of carbonyl (C=O) groups excluding carboxylic acids is 1.